The van der Waals surface area contributed by atoms with E-state index in [0.717, 1.165) is 21.5 Å². The summed E-state index contributed by atoms with van der Waals surface area (Å²) in [4.78, 5) is 4.28. The molecule has 0 N–H and O–H groups in total. The maximum absolute atomic E-state index is 6.01. The molecule has 3 heteroatoms. The Morgan fingerprint density at radius 3 is 2.92 bits per heavy atom. The fraction of sp³-hybridized carbons (Fsp3) is 0.100. The Morgan fingerprint density at radius 2 is 2.15 bits per heavy atom. The standard InChI is InChI=1S/C10H8ClNS/c11-9-4-3-7-2-1-5-12-10(7)8(9)6-13/h1-5,13H,6H2. The Kier molecular flexibility index (Phi) is 2.42. The van der Waals surface area contributed by atoms with Gasteiger partial charge in [-0.2, -0.15) is 12.6 Å². The second-order valence-electron chi connectivity index (χ2n) is 2.76. The van der Waals surface area contributed by atoms with E-state index in [9.17, 15) is 0 Å². The fourth-order valence-corrected chi connectivity index (χ4v) is 1.96. The summed E-state index contributed by atoms with van der Waals surface area (Å²) in [5.41, 5.74) is 1.95. The van der Waals surface area contributed by atoms with E-state index in [0.29, 0.717) is 5.75 Å². The van der Waals surface area contributed by atoms with E-state index in [-0.39, 0.29) is 0 Å². The number of hydrogen-bond acceptors (Lipinski definition) is 2. The van der Waals surface area contributed by atoms with Crippen LogP contribution in [0.15, 0.2) is 30.5 Å². The van der Waals surface area contributed by atoms with E-state index in [2.05, 4.69) is 17.6 Å². The smallest absolute Gasteiger partial charge is 0.0757 e. The molecular formula is C10H8ClNS. The highest BCUT2D eigenvalue weighted by molar-refractivity contribution is 7.79. The number of hydrogen-bond donors (Lipinski definition) is 1. The Morgan fingerprint density at radius 1 is 1.31 bits per heavy atom. The molecule has 13 heavy (non-hydrogen) atoms. The average Bonchev–Trinajstić information content (AvgIpc) is 2.18. The molecule has 0 fully saturated rings. The summed E-state index contributed by atoms with van der Waals surface area (Å²) in [7, 11) is 0. The van der Waals surface area contributed by atoms with Gasteiger partial charge in [0.2, 0.25) is 0 Å². The molecule has 0 radical (unpaired) electrons. The van der Waals surface area contributed by atoms with Crippen LogP contribution in [-0.2, 0) is 5.75 Å². The van der Waals surface area contributed by atoms with Crippen molar-refractivity contribution in [3.05, 3.63) is 41.0 Å². The van der Waals surface area contributed by atoms with Gasteiger partial charge in [0.05, 0.1) is 5.52 Å². The van der Waals surface area contributed by atoms with Gasteiger partial charge in [-0.3, -0.25) is 4.98 Å². The van der Waals surface area contributed by atoms with E-state index >= 15 is 0 Å². The molecule has 0 aliphatic carbocycles. The van der Waals surface area contributed by atoms with Crippen LogP contribution < -0.4 is 0 Å². The topological polar surface area (TPSA) is 12.9 Å². The number of fused-ring (bicyclic) bond motifs is 1. The lowest BCUT2D eigenvalue weighted by molar-refractivity contribution is 1.35. The molecule has 1 heterocycles. The Balaban J connectivity index is 2.84. The fourth-order valence-electron chi connectivity index (χ4n) is 1.33. The lowest BCUT2D eigenvalue weighted by Gasteiger charge is -2.04. The van der Waals surface area contributed by atoms with Gasteiger partial charge in [-0.15, -0.1) is 0 Å². The van der Waals surface area contributed by atoms with Crippen molar-refractivity contribution in [3.8, 4) is 0 Å². The maximum Gasteiger partial charge on any atom is 0.0757 e. The average molecular weight is 210 g/mol. The SMILES string of the molecule is SCc1c(Cl)ccc2cccnc12. The molecule has 0 bridgehead atoms. The van der Waals surface area contributed by atoms with Crippen molar-refractivity contribution < 1.29 is 0 Å². The first-order valence-corrected chi connectivity index (χ1v) is 4.97. The van der Waals surface area contributed by atoms with Crippen molar-refractivity contribution in [1.29, 1.82) is 0 Å². The number of benzene rings is 1. The number of nitrogens with zero attached hydrogens (tertiary/aromatic N) is 1. The van der Waals surface area contributed by atoms with Crippen molar-refractivity contribution in [2.75, 3.05) is 0 Å². The van der Waals surface area contributed by atoms with Crippen molar-refractivity contribution in [1.82, 2.24) is 4.98 Å². The van der Waals surface area contributed by atoms with Gasteiger partial charge in [0.25, 0.3) is 0 Å². The van der Waals surface area contributed by atoms with Gasteiger partial charge >= 0.3 is 0 Å². The van der Waals surface area contributed by atoms with Gasteiger partial charge in [0.1, 0.15) is 0 Å². The van der Waals surface area contributed by atoms with Gasteiger partial charge < -0.3 is 0 Å². The summed E-state index contributed by atoms with van der Waals surface area (Å²) >= 11 is 10.2. The molecule has 0 amide bonds. The number of aromatic nitrogens is 1. The molecular weight excluding hydrogens is 202 g/mol. The van der Waals surface area contributed by atoms with Crippen LogP contribution in [0.25, 0.3) is 10.9 Å². The first kappa shape index (κ1) is 8.85. The third-order valence-corrected chi connectivity index (χ3v) is 2.65. The maximum atomic E-state index is 6.01. The van der Waals surface area contributed by atoms with Crippen molar-refractivity contribution in [3.63, 3.8) is 0 Å². The Bertz CT molecular complexity index is 442. The van der Waals surface area contributed by atoms with Crippen LogP contribution >= 0.6 is 24.2 Å². The molecule has 2 rings (SSSR count). The van der Waals surface area contributed by atoms with Crippen molar-refractivity contribution in [2.45, 2.75) is 5.75 Å². The molecule has 0 spiro atoms. The van der Waals surface area contributed by atoms with Crippen molar-refractivity contribution >= 4 is 35.1 Å². The number of thiol groups is 1. The summed E-state index contributed by atoms with van der Waals surface area (Å²) < 4.78 is 0. The van der Waals surface area contributed by atoms with Gasteiger partial charge in [0.15, 0.2) is 0 Å². The molecule has 0 saturated heterocycles. The summed E-state index contributed by atoms with van der Waals surface area (Å²) in [5, 5.41) is 1.84. The molecule has 0 saturated carbocycles. The minimum atomic E-state index is 0.618. The van der Waals surface area contributed by atoms with Gasteiger partial charge in [-0.05, 0) is 12.1 Å². The van der Waals surface area contributed by atoms with Gasteiger partial charge in [-0.25, -0.2) is 0 Å². The lowest BCUT2D eigenvalue weighted by Crippen LogP contribution is -1.86. The van der Waals surface area contributed by atoms with Crippen LogP contribution in [0.1, 0.15) is 5.56 Å². The van der Waals surface area contributed by atoms with Crippen LogP contribution in [0, 0.1) is 0 Å². The Labute approximate surface area is 87.2 Å². The monoisotopic (exact) mass is 209 g/mol. The highest BCUT2D eigenvalue weighted by Gasteiger charge is 2.04. The summed E-state index contributed by atoms with van der Waals surface area (Å²) in [6, 6.07) is 7.79. The molecule has 0 aliphatic heterocycles. The molecule has 1 aromatic heterocycles. The summed E-state index contributed by atoms with van der Waals surface area (Å²) in [5.74, 6) is 0.618. The lowest BCUT2D eigenvalue weighted by atomic mass is 10.1. The normalized spacial score (nSPS) is 10.6. The van der Waals surface area contributed by atoms with Crippen LogP contribution in [0.5, 0.6) is 0 Å². The van der Waals surface area contributed by atoms with Crippen LogP contribution in [0.3, 0.4) is 0 Å². The van der Waals surface area contributed by atoms with Gasteiger partial charge in [-0.1, -0.05) is 23.7 Å². The molecule has 1 aromatic carbocycles. The minimum Gasteiger partial charge on any atom is -0.256 e. The molecule has 0 atom stereocenters. The van der Waals surface area contributed by atoms with Crippen LogP contribution in [0.2, 0.25) is 5.02 Å². The number of pyridine rings is 1. The number of halogens is 1. The third-order valence-electron chi connectivity index (χ3n) is 1.98. The van der Waals surface area contributed by atoms with Crippen molar-refractivity contribution in [2.24, 2.45) is 0 Å². The second kappa shape index (κ2) is 3.56. The molecule has 0 aliphatic rings. The molecule has 66 valence electrons. The highest BCUT2D eigenvalue weighted by atomic mass is 35.5. The predicted molar refractivity (Wildman–Crippen MR) is 59.4 cm³/mol. The van der Waals surface area contributed by atoms with Crippen LogP contribution in [0.4, 0.5) is 0 Å². The first-order valence-electron chi connectivity index (χ1n) is 3.96. The quantitative estimate of drug-likeness (QED) is 0.711. The predicted octanol–water partition coefficient (Wildman–Crippen LogP) is 3.32. The zero-order valence-electron chi connectivity index (χ0n) is 6.87. The molecule has 0 unspecified atom stereocenters. The second-order valence-corrected chi connectivity index (χ2v) is 3.48. The van der Waals surface area contributed by atoms with E-state index in [1.54, 1.807) is 6.20 Å². The Hall–Kier alpha value is -0.730. The van der Waals surface area contributed by atoms with E-state index < -0.39 is 0 Å². The third kappa shape index (κ3) is 1.52. The zero-order chi connectivity index (χ0) is 9.26. The summed E-state index contributed by atoms with van der Waals surface area (Å²) in [6.45, 7) is 0. The van der Waals surface area contributed by atoms with Crippen LogP contribution in [-0.4, -0.2) is 4.98 Å². The van der Waals surface area contributed by atoms with Gasteiger partial charge in [0, 0.05) is 27.9 Å². The summed E-state index contributed by atoms with van der Waals surface area (Å²) in [6.07, 6.45) is 1.77. The van der Waals surface area contributed by atoms with E-state index in [4.69, 9.17) is 11.6 Å². The zero-order valence-corrected chi connectivity index (χ0v) is 8.52. The first-order chi connectivity index (χ1) is 6.33. The highest BCUT2D eigenvalue weighted by Crippen LogP contribution is 2.25. The number of rotatable bonds is 1. The largest absolute Gasteiger partial charge is 0.256 e. The molecule has 1 nitrogen and oxygen atoms in total. The molecule has 2 aromatic rings. The minimum absolute atomic E-state index is 0.618. The van der Waals surface area contributed by atoms with E-state index in [1.807, 2.05) is 24.3 Å². The van der Waals surface area contributed by atoms with E-state index in [1.165, 1.54) is 0 Å².